The number of carboxylic acid groups (broad SMARTS) is 2. The van der Waals surface area contributed by atoms with Crippen molar-refractivity contribution in [1.82, 2.24) is 15.1 Å². The van der Waals surface area contributed by atoms with Crippen LogP contribution in [0.5, 0.6) is 0 Å². The number of rotatable bonds is 4. The Labute approximate surface area is 168 Å². The first-order valence-electron chi connectivity index (χ1n) is 9.03. The van der Waals surface area contributed by atoms with E-state index in [9.17, 15) is 9.59 Å². The number of nitrogens with zero attached hydrogens (tertiary/aromatic N) is 4. The summed E-state index contributed by atoms with van der Waals surface area (Å²) in [6.45, 7) is 4.74. The van der Waals surface area contributed by atoms with Crippen molar-refractivity contribution in [3.63, 3.8) is 0 Å². The van der Waals surface area contributed by atoms with Gasteiger partial charge in [-0.1, -0.05) is 0 Å². The molecule has 0 spiro atoms. The van der Waals surface area contributed by atoms with E-state index in [1.165, 1.54) is 30.4 Å². The predicted octanol–water partition coefficient (Wildman–Crippen LogP) is 1.20. The number of aliphatic carboxylic acids is 2. The van der Waals surface area contributed by atoms with Crippen molar-refractivity contribution in [3.8, 4) is 10.1 Å². The first kappa shape index (κ1) is 20.3. The Morgan fingerprint density at radius 3 is 2.25 bits per heavy atom. The Balaban J connectivity index is 0.000000242. The van der Waals surface area contributed by atoms with Gasteiger partial charge in [-0.2, -0.15) is 0 Å². The molecule has 2 aromatic heterocycles. The maximum atomic E-state index is 9.55. The fourth-order valence-corrected chi connectivity index (χ4v) is 4.81. The van der Waals surface area contributed by atoms with Gasteiger partial charge in [0.2, 0.25) is 0 Å². The molecule has 2 aromatic rings. The molecular formula is C19H22N4O4Se. The fourth-order valence-electron chi connectivity index (χ4n) is 3.36. The third kappa shape index (κ3) is 5.51. The van der Waals surface area contributed by atoms with Crippen LogP contribution in [0.1, 0.15) is 12.8 Å². The van der Waals surface area contributed by atoms with Crippen LogP contribution in [0, 0.1) is 0 Å². The van der Waals surface area contributed by atoms with Gasteiger partial charge in [-0.3, -0.25) is 0 Å². The van der Waals surface area contributed by atoms with Gasteiger partial charge in [0.25, 0.3) is 0 Å². The fraction of sp³-hybridized carbons (Fsp3) is 0.368. The van der Waals surface area contributed by atoms with Crippen LogP contribution in [0.15, 0.2) is 41.4 Å². The molecule has 0 radical (unpaired) electrons. The van der Waals surface area contributed by atoms with Gasteiger partial charge in [0, 0.05) is 12.2 Å². The van der Waals surface area contributed by atoms with Crippen LogP contribution in [-0.2, 0) is 9.59 Å². The zero-order valence-electron chi connectivity index (χ0n) is 15.3. The van der Waals surface area contributed by atoms with E-state index in [4.69, 9.17) is 10.2 Å². The Hall–Kier alpha value is -2.48. The first-order valence-corrected chi connectivity index (χ1v) is 10.9. The molecular weight excluding hydrogens is 427 g/mol. The van der Waals surface area contributed by atoms with Gasteiger partial charge in [0.1, 0.15) is 0 Å². The molecule has 3 aliphatic heterocycles. The third-order valence-electron chi connectivity index (χ3n) is 4.74. The molecule has 0 aromatic carbocycles. The topological polar surface area (TPSA) is 107 Å². The molecule has 8 nitrogen and oxygen atoms in total. The van der Waals surface area contributed by atoms with Gasteiger partial charge in [-0.15, -0.1) is 0 Å². The number of fused-ring (bicyclic) bond motifs is 4. The van der Waals surface area contributed by atoms with E-state index in [0.717, 1.165) is 24.6 Å². The number of carboxylic acids is 2. The summed E-state index contributed by atoms with van der Waals surface area (Å²) in [5.74, 6) is -1.46. The van der Waals surface area contributed by atoms with Crippen molar-refractivity contribution in [3.05, 3.63) is 41.4 Å². The summed E-state index contributed by atoms with van der Waals surface area (Å²) in [5.41, 5.74) is 1.04. The van der Waals surface area contributed by atoms with Gasteiger partial charge in [-0.25, -0.2) is 9.59 Å². The zero-order valence-corrected chi connectivity index (χ0v) is 17.0. The van der Waals surface area contributed by atoms with E-state index in [-0.39, 0.29) is 0 Å². The number of hydrogen-bond acceptors (Lipinski definition) is 6. The number of hydrogen-bond donors (Lipinski definition) is 2. The Kier molecular flexibility index (Phi) is 6.97. The summed E-state index contributed by atoms with van der Waals surface area (Å²) >= 11 is 0.435. The molecule has 5 heterocycles. The predicted molar refractivity (Wildman–Crippen MR) is 106 cm³/mol. The monoisotopic (exact) mass is 450 g/mol. The number of carbonyl (C=O) groups is 2. The Morgan fingerprint density at radius 1 is 1.00 bits per heavy atom. The quantitative estimate of drug-likeness (QED) is 0.530. The van der Waals surface area contributed by atoms with Crippen LogP contribution in [0.3, 0.4) is 0 Å². The maximum absolute atomic E-state index is 9.55. The number of anilines is 1. The second kappa shape index (κ2) is 9.64. The molecule has 28 heavy (non-hydrogen) atoms. The van der Waals surface area contributed by atoms with Gasteiger partial charge in [0.15, 0.2) is 0 Å². The number of piperidine rings is 1. The molecule has 0 unspecified atom stereocenters. The van der Waals surface area contributed by atoms with Crippen LogP contribution >= 0.6 is 0 Å². The minimum absolute atomic E-state index is 0.435. The summed E-state index contributed by atoms with van der Waals surface area (Å²) in [5, 5.41) is 24.6. The van der Waals surface area contributed by atoms with Crippen molar-refractivity contribution < 1.29 is 19.8 Å². The third-order valence-corrected chi connectivity index (χ3v) is 6.61. The van der Waals surface area contributed by atoms with Crippen molar-refractivity contribution in [2.24, 2.45) is 0 Å². The van der Waals surface area contributed by atoms with Crippen molar-refractivity contribution >= 4 is 32.3 Å². The summed E-state index contributed by atoms with van der Waals surface area (Å²) in [4.78, 5) is 26.4. The Bertz CT molecular complexity index is 799. The second-order valence-electron chi connectivity index (χ2n) is 6.53. The van der Waals surface area contributed by atoms with Crippen molar-refractivity contribution in [2.75, 3.05) is 31.1 Å². The van der Waals surface area contributed by atoms with Crippen LogP contribution in [0.4, 0.5) is 5.82 Å². The van der Waals surface area contributed by atoms with Gasteiger partial charge < -0.3 is 10.2 Å². The zero-order chi connectivity index (χ0) is 19.9. The molecule has 3 aliphatic rings. The molecule has 0 atom stereocenters. The molecule has 2 bridgehead atoms. The van der Waals surface area contributed by atoms with E-state index in [1.54, 1.807) is 0 Å². The molecule has 3 saturated heterocycles. The summed E-state index contributed by atoms with van der Waals surface area (Å²) < 4.78 is 1.33. The van der Waals surface area contributed by atoms with Crippen LogP contribution in [0.2, 0.25) is 0 Å². The number of aromatic nitrogens is 2. The van der Waals surface area contributed by atoms with E-state index >= 15 is 0 Å². The second-order valence-corrected chi connectivity index (χ2v) is 8.52. The average Bonchev–Trinajstić information content (AvgIpc) is 3.07. The van der Waals surface area contributed by atoms with E-state index < -0.39 is 11.9 Å². The SMILES string of the molecule is O=C(O)/C=C/C(=O)O.c1c[se]c(-c2ccc(N3CCN4CCC3CC4)nn2)c1. The summed E-state index contributed by atoms with van der Waals surface area (Å²) in [7, 11) is 0. The molecule has 0 amide bonds. The minimum atomic E-state index is -1.26. The summed E-state index contributed by atoms with van der Waals surface area (Å²) in [6, 6.07) is 9.23. The van der Waals surface area contributed by atoms with Crippen LogP contribution < -0.4 is 4.90 Å². The standard InChI is InChI=1S/C15H18N4Se.C4H4O4/c1-2-14(20-11-1)13-3-4-15(17-16-13)19-10-9-18-7-5-12(19)6-8-18;5-3(6)1-2-4(7)8/h1-4,11-12H,5-10H2;1-2H,(H,5,6)(H,7,8)/b;2-1+. The van der Waals surface area contributed by atoms with Gasteiger partial charge in [-0.05, 0) is 0 Å². The van der Waals surface area contributed by atoms with Crippen molar-refractivity contribution in [2.45, 2.75) is 18.9 Å². The molecule has 2 N–H and O–H groups in total. The molecule has 3 fully saturated rings. The van der Waals surface area contributed by atoms with Crippen molar-refractivity contribution in [1.29, 1.82) is 0 Å². The van der Waals surface area contributed by atoms with E-state index in [2.05, 4.69) is 49.2 Å². The van der Waals surface area contributed by atoms with Crippen LogP contribution in [0.25, 0.3) is 10.1 Å². The van der Waals surface area contributed by atoms with E-state index in [0.29, 0.717) is 32.7 Å². The molecule has 9 heteroatoms. The normalized spacial score (nSPS) is 21.1. The van der Waals surface area contributed by atoms with Gasteiger partial charge in [0.05, 0.1) is 0 Å². The first-order chi connectivity index (χ1) is 13.5. The molecule has 0 aliphatic carbocycles. The molecule has 148 valence electrons. The molecule has 5 rings (SSSR count). The van der Waals surface area contributed by atoms with E-state index in [1.807, 2.05) is 0 Å². The van der Waals surface area contributed by atoms with Crippen LogP contribution in [-0.4, -0.2) is 84.0 Å². The Morgan fingerprint density at radius 2 is 1.71 bits per heavy atom. The van der Waals surface area contributed by atoms with Gasteiger partial charge >= 0.3 is 137 Å². The average molecular weight is 449 g/mol. The molecule has 0 saturated carbocycles. The summed E-state index contributed by atoms with van der Waals surface area (Å²) in [6.07, 6.45) is 3.65.